The maximum absolute atomic E-state index is 12.4. The van der Waals surface area contributed by atoms with Crippen LogP contribution in [0.25, 0.3) is 17.1 Å². The summed E-state index contributed by atoms with van der Waals surface area (Å²) in [5, 5.41) is 13.5. The summed E-state index contributed by atoms with van der Waals surface area (Å²) in [6, 6.07) is 25.9. The Morgan fingerprint density at radius 2 is 1.69 bits per heavy atom. The minimum atomic E-state index is -0.209. The third kappa shape index (κ3) is 5.12. The van der Waals surface area contributed by atoms with Crippen LogP contribution in [0.3, 0.4) is 0 Å². The lowest BCUT2D eigenvalue weighted by Crippen LogP contribution is -2.20. The molecule has 0 atom stereocenters. The van der Waals surface area contributed by atoms with E-state index in [2.05, 4.69) is 20.7 Å². The second-order valence-corrected chi connectivity index (χ2v) is 8.22. The predicted octanol–water partition coefficient (Wildman–Crippen LogP) is 4.79. The molecular formula is C25H23N5OS. The van der Waals surface area contributed by atoms with Crippen molar-refractivity contribution in [3.63, 3.8) is 0 Å². The number of rotatable bonds is 7. The van der Waals surface area contributed by atoms with E-state index in [1.807, 2.05) is 97.3 Å². The molecule has 0 aliphatic heterocycles. The van der Waals surface area contributed by atoms with Gasteiger partial charge in [0.1, 0.15) is 0 Å². The molecule has 0 saturated carbocycles. The highest BCUT2D eigenvalue weighted by atomic mass is 32.2. The normalized spacial score (nSPS) is 11.1. The van der Waals surface area contributed by atoms with E-state index < -0.39 is 0 Å². The van der Waals surface area contributed by atoms with E-state index in [0.29, 0.717) is 5.16 Å². The van der Waals surface area contributed by atoms with Gasteiger partial charge in [0.2, 0.25) is 0 Å². The van der Waals surface area contributed by atoms with Crippen molar-refractivity contribution in [1.29, 1.82) is 0 Å². The van der Waals surface area contributed by atoms with Gasteiger partial charge in [-0.2, -0.15) is 5.10 Å². The van der Waals surface area contributed by atoms with Gasteiger partial charge in [0.05, 0.1) is 12.0 Å². The second kappa shape index (κ2) is 10.1. The van der Waals surface area contributed by atoms with Crippen LogP contribution in [0.5, 0.6) is 0 Å². The van der Waals surface area contributed by atoms with Gasteiger partial charge in [-0.05, 0) is 37.1 Å². The van der Waals surface area contributed by atoms with E-state index in [4.69, 9.17) is 0 Å². The van der Waals surface area contributed by atoms with Gasteiger partial charge in [0.15, 0.2) is 11.0 Å². The Morgan fingerprint density at radius 1 is 0.969 bits per heavy atom. The average molecular weight is 442 g/mol. The molecule has 4 rings (SSSR count). The highest BCUT2D eigenvalue weighted by molar-refractivity contribution is 7.99. The molecule has 160 valence electrons. The molecule has 0 aliphatic carbocycles. The molecule has 0 unspecified atom stereocenters. The fourth-order valence-corrected chi connectivity index (χ4v) is 3.87. The topological polar surface area (TPSA) is 72.2 Å². The van der Waals surface area contributed by atoms with Crippen molar-refractivity contribution >= 4 is 23.9 Å². The number of aryl methyl sites for hydroxylation is 2. The van der Waals surface area contributed by atoms with Crippen molar-refractivity contribution < 1.29 is 4.79 Å². The first-order valence-electron chi connectivity index (χ1n) is 10.2. The molecule has 0 radical (unpaired) electrons. The summed E-state index contributed by atoms with van der Waals surface area (Å²) in [7, 11) is 0. The molecule has 1 N–H and O–H groups in total. The van der Waals surface area contributed by atoms with E-state index in [0.717, 1.165) is 28.2 Å². The average Bonchev–Trinajstić information content (AvgIpc) is 3.24. The highest BCUT2D eigenvalue weighted by Crippen LogP contribution is 2.28. The number of hydrazone groups is 1. The molecule has 0 spiro atoms. The Bertz CT molecular complexity index is 1230. The van der Waals surface area contributed by atoms with Crippen LogP contribution in [0, 0.1) is 13.8 Å². The fraction of sp³-hybridized carbons (Fsp3) is 0.120. The van der Waals surface area contributed by atoms with Crippen molar-refractivity contribution in [3.05, 3.63) is 95.6 Å². The predicted molar refractivity (Wildman–Crippen MR) is 129 cm³/mol. The number of nitrogens with zero attached hydrogens (tertiary/aromatic N) is 4. The molecule has 1 aromatic heterocycles. The molecule has 0 fully saturated rings. The molecule has 0 saturated heterocycles. The van der Waals surface area contributed by atoms with E-state index >= 15 is 0 Å². The molecule has 3 aromatic carbocycles. The molecule has 6 nitrogen and oxygen atoms in total. The van der Waals surface area contributed by atoms with E-state index in [9.17, 15) is 4.79 Å². The van der Waals surface area contributed by atoms with Crippen molar-refractivity contribution in [3.8, 4) is 17.1 Å². The Labute approximate surface area is 191 Å². The molecular weight excluding hydrogens is 418 g/mol. The summed E-state index contributed by atoms with van der Waals surface area (Å²) in [5.74, 6) is 0.695. The van der Waals surface area contributed by atoms with E-state index in [1.54, 1.807) is 6.21 Å². The quantitative estimate of drug-likeness (QED) is 0.254. The first-order valence-corrected chi connectivity index (χ1v) is 11.2. The Hall–Kier alpha value is -3.71. The van der Waals surface area contributed by atoms with Gasteiger partial charge in [-0.1, -0.05) is 84.1 Å². The highest BCUT2D eigenvalue weighted by Gasteiger charge is 2.17. The summed E-state index contributed by atoms with van der Waals surface area (Å²) >= 11 is 1.32. The van der Waals surface area contributed by atoms with Gasteiger partial charge >= 0.3 is 0 Å². The maximum Gasteiger partial charge on any atom is 0.250 e. The number of thioether (sulfide) groups is 1. The number of para-hydroxylation sites is 1. The molecule has 0 bridgehead atoms. The summed E-state index contributed by atoms with van der Waals surface area (Å²) in [5.41, 5.74) is 7.73. The van der Waals surface area contributed by atoms with Crippen LogP contribution in [-0.4, -0.2) is 32.6 Å². The minimum Gasteiger partial charge on any atom is -0.272 e. The van der Waals surface area contributed by atoms with Gasteiger partial charge in [-0.25, -0.2) is 5.43 Å². The fourth-order valence-electron chi connectivity index (χ4n) is 3.13. The Kier molecular flexibility index (Phi) is 6.77. The number of carbonyl (C=O) groups excluding carboxylic acids is 1. The van der Waals surface area contributed by atoms with Crippen LogP contribution in [0.15, 0.2) is 89.1 Å². The third-order valence-corrected chi connectivity index (χ3v) is 5.80. The number of hydrogen-bond donors (Lipinski definition) is 1. The van der Waals surface area contributed by atoms with Gasteiger partial charge in [0, 0.05) is 11.3 Å². The number of aromatic nitrogens is 3. The molecule has 4 aromatic rings. The summed E-state index contributed by atoms with van der Waals surface area (Å²) < 4.78 is 1.97. The van der Waals surface area contributed by atoms with E-state index in [1.165, 1.54) is 17.3 Å². The molecule has 1 heterocycles. The first kappa shape index (κ1) is 21.5. The molecule has 7 heteroatoms. The number of benzene rings is 3. The molecule has 32 heavy (non-hydrogen) atoms. The van der Waals surface area contributed by atoms with Crippen LogP contribution in [0.2, 0.25) is 0 Å². The molecule has 0 aliphatic rings. The van der Waals surface area contributed by atoms with Crippen LogP contribution in [0.1, 0.15) is 16.7 Å². The zero-order valence-corrected chi connectivity index (χ0v) is 18.7. The van der Waals surface area contributed by atoms with Crippen molar-refractivity contribution in [2.75, 3.05) is 5.75 Å². The Balaban J connectivity index is 1.50. The summed E-state index contributed by atoms with van der Waals surface area (Å²) in [6.07, 6.45) is 1.65. The lowest BCUT2D eigenvalue weighted by atomic mass is 10.1. The van der Waals surface area contributed by atoms with E-state index in [-0.39, 0.29) is 11.7 Å². The zero-order chi connectivity index (χ0) is 22.3. The van der Waals surface area contributed by atoms with Gasteiger partial charge in [0.25, 0.3) is 5.91 Å². The van der Waals surface area contributed by atoms with Crippen molar-refractivity contribution in [2.24, 2.45) is 5.10 Å². The lowest BCUT2D eigenvalue weighted by molar-refractivity contribution is -0.118. The minimum absolute atomic E-state index is 0.171. The Morgan fingerprint density at radius 3 is 2.44 bits per heavy atom. The summed E-state index contributed by atoms with van der Waals surface area (Å²) in [4.78, 5) is 12.4. The number of carbonyl (C=O) groups is 1. The van der Waals surface area contributed by atoms with Crippen molar-refractivity contribution in [1.82, 2.24) is 20.2 Å². The van der Waals surface area contributed by atoms with Crippen LogP contribution in [0.4, 0.5) is 0 Å². The maximum atomic E-state index is 12.4. The zero-order valence-electron chi connectivity index (χ0n) is 17.9. The van der Waals surface area contributed by atoms with Crippen LogP contribution in [-0.2, 0) is 4.79 Å². The second-order valence-electron chi connectivity index (χ2n) is 7.28. The van der Waals surface area contributed by atoms with Gasteiger partial charge in [-0.3, -0.25) is 9.36 Å². The van der Waals surface area contributed by atoms with Crippen LogP contribution < -0.4 is 5.43 Å². The lowest BCUT2D eigenvalue weighted by Gasteiger charge is -2.10. The number of nitrogens with one attached hydrogen (secondary N) is 1. The van der Waals surface area contributed by atoms with Gasteiger partial charge < -0.3 is 0 Å². The standard InChI is InChI=1S/C25H23N5OS/c1-18-12-14-20(15-13-18)24-28-29-25(30(24)22-10-4-3-5-11-22)32-17-23(31)27-26-16-21-9-7-6-8-19(21)2/h3-16H,17H2,1-2H3,(H,27,31)/b26-16-. The number of hydrogen-bond acceptors (Lipinski definition) is 5. The smallest absolute Gasteiger partial charge is 0.250 e. The largest absolute Gasteiger partial charge is 0.272 e. The van der Waals surface area contributed by atoms with Gasteiger partial charge in [-0.15, -0.1) is 10.2 Å². The van der Waals surface area contributed by atoms with Crippen LogP contribution >= 0.6 is 11.8 Å². The monoisotopic (exact) mass is 441 g/mol. The summed E-state index contributed by atoms with van der Waals surface area (Å²) in [6.45, 7) is 4.05. The number of amides is 1. The third-order valence-electron chi connectivity index (χ3n) is 4.87. The first-order chi connectivity index (χ1) is 15.6. The molecule has 1 amide bonds. The van der Waals surface area contributed by atoms with Crippen molar-refractivity contribution in [2.45, 2.75) is 19.0 Å². The SMILES string of the molecule is Cc1ccc(-c2nnc(SCC(=O)N/N=C\c3ccccc3C)n2-c2ccccc2)cc1.